The SMILES string of the molecule is CCCN(CCC)C(=O)CSc1nncn1N. The highest BCUT2D eigenvalue weighted by atomic mass is 32.2. The summed E-state index contributed by atoms with van der Waals surface area (Å²) in [7, 11) is 0. The predicted molar refractivity (Wildman–Crippen MR) is 68.1 cm³/mol. The molecule has 7 heteroatoms. The van der Waals surface area contributed by atoms with Crippen LogP contribution in [0.5, 0.6) is 0 Å². The summed E-state index contributed by atoms with van der Waals surface area (Å²) in [6.07, 6.45) is 3.37. The van der Waals surface area contributed by atoms with Crippen molar-refractivity contribution in [3.63, 3.8) is 0 Å². The summed E-state index contributed by atoms with van der Waals surface area (Å²) in [5.74, 6) is 6.05. The van der Waals surface area contributed by atoms with Gasteiger partial charge in [-0.25, -0.2) is 4.68 Å². The maximum absolute atomic E-state index is 11.9. The van der Waals surface area contributed by atoms with E-state index in [-0.39, 0.29) is 5.91 Å². The Labute approximate surface area is 106 Å². The largest absolute Gasteiger partial charge is 0.342 e. The minimum atomic E-state index is 0.127. The number of rotatable bonds is 7. The van der Waals surface area contributed by atoms with E-state index in [1.165, 1.54) is 22.8 Å². The molecule has 2 N–H and O–H groups in total. The van der Waals surface area contributed by atoms with Crippen LogP contribution in [0.3, 0.4) is 0 Å². The third-order valence-electron chi connectivity index (χ3n) is 2.20. The summed E-state index contributed by atoms with van der Waals surface area (Å²) in [5.41, 5.74) is 0. The number of carbonyl (C=O) groups excluding carboxylic acids is 1. The fraction of sp³-hybridized carbons (Fsp3) is 0.700. The Morgan fingerprint density at radius 3 is 2.59 bits per heavy atom. The smallest absolute Gasteiger partial charge is 0.233 e. The van der Waals surface area contributed by atoms with Crippen molar-refractivity contribution in [2.75, 3.05) is 24.7 Å². The monoisotopic (exact) mass is 257 g/mol. The Morgan fingerprint density at radius 2 is 2.12 bits per heavy atom. The molecule has 1 rings (SSSR count). The van der Waals surface area contributed by atoms with Crippen molar-refractivity contribution in [3.8, 4) is 0 Å². The Hall–Kier alpha value is -1.24. The molecule has 0 fully saturated rings. The summed E-state index contributed by atoms with van der Waals surface area (Å²) in [6, 6.07) is 0. The molecule has 0 bridgehead atoms. The second-order valence-electron chi connectivity index (χ2n) is 3.69. The molecular formula is C10H19N5OS. The minimum absolute atomic E-state index is 0.127. The number of nitrogens with two attached hydrogens (primary N) is 1. The van der Waals surface area contributed by atoms with Gasteiger partial charge < -0.3 is 10.7 Å². The van der Waals surface area contributed by atoms with E-state index < -0.39 is 0 Å². The van der Waals surface area contributed by atoms with Crippen LogP contribution < -0.4 is 5.84 Å². The second-order valence-corrected chi connectivity index (χ2v) is 4.63. The zero-order valence-corrected chi connectivity index (χ0v) is 11.1. The van der Waals surface area contributed by atoms with Gasteiger partial charge in [-0.1, -0.05) is 25.6 Å². The Kier molecular flexibility index (Phi) is 5.82. The van der Waals surface area contributed by atoms with E-state index in [0.29, 0.717) is 10.9 Å². The molecule has 1 aromatic rings. The number of nitrogens with zero attached hydrogens (tertiary/aromatic N) is 4. The van der Waals surface area contributed by atoms with Gasteiger partial charge in [0.15, 0.2) is 0 Å². The van der Waals surface area contributed by atoms with Crippen LogP contribution in [0, 0.1) is 0 Å². The van der Waals surface area contributed by atoms with Gasteiger partial charge in [-0.15, -0.1) is 10.2 Å². The number of carbonyl (C=O) groups is 1. The molecule has 1 heterocycles. The van der Waals surface area contributed by atoms with E-state index in [1.807, 2.05) is 4.90 Å². The lowest BCUT2D eigenvalue weighted by Gasteiger charge is -2.20. The number of amides is 1. The Bertz CT molecular complexity index is 348. The normalized spacial score (nSPS) is 10.5. The minimum Gasteiger partial charge on any atom is -0.342 e. The van der Waals surface area contributed by atoms with Gasteiger partial charge in [-0.05, 0) is 12.8 Å². The summed E-state index contributed by atoms with van der Waals surface area (Å²) in [6.45, 7) is 5.75. The highest BCUT2D eigenvalue weighted by Gasteiger charge is 2.13. The molecule has 0 atom stereocenters. The second kappa shape index (κ2) is 7.16. The van der Waals surface area contributed by atoms with Gasteiger partial charge in [-0.3, -0.25) is 4.79 Å². The Morgan fingerprint density at radius 1 is 1.47 bits per heavy atom. The lowest BCUT2D eigenvalue weighted by molar-refractivity contribution is -0.128. The number of hydrogen-bond acceptors (Lipinski definition) is 5. The molecule has 1 amide bonds. The number of aromatic nitrogens is 3. The predicted octanol–water partition coefficient (Wildman–Crippen LogP) is 0.733. The van der Waals surface area contributed by atoms with Crippen molar-refractivity contribution in [2.24, 2.45) is 0 Å². The molecule has 0 aliphatic carbocycles. The van der Waals surface area contributed by atoms with Gasteiger partial charge >= 0.3 is 0 Å². The molecule has 0 spiro atoms. The molecule has 17 heavy (non-hydrogen) atoms. The first-order valence-corrected chi connectivity index (χ1v) is 6.73. The molecular weight excluding hydrogens is 238 g/mol. The van der Waals surface area contributed by atoms with Crippen LogP contribution in [0.15, 0.2) is 11.5 Å². The third kappa shape index (κ3) is 4.26. The van der Waals surface area contributed by atoms with E-state index in [2.05, 4.69) is 24.0 Å². The quantitative estimate of drug-likeness (QED) is 0.575. The van der Waals surface area contributed by atoms with E-state index >= 15 is 0 Å². The summed E-state index contributed by atoms with van der Waals surface area (Å²) < 4.78 is 1.32. The molecule has 0 aliphatic heterocycles. The van der Waals surface area contributed by atoms with Crippen molar-refractivity contribution < 1.29 is 4.79 Å². The van der Waals surface area contributed by atoms with Crippen molar-refractivity contribution in [2.45, 2.75) is 31.8 Å². The number of thioether (sulfide) groups is 1. The van der Waals surface area contributed by atoms with E-state index in [9.17, 15) is 4.79 Å². The van der Waals surface area contributed by atoms with Crippen molar-refractivity contribution in [1.29, 1.82) is 0 Å². The third-order valence-corrected chi connectivity index (χ3v) is 3.15. The molecule has 0 unspecified atom stereocenters. The highest BCUT2D eigenvalue weighted by Crippen LogP contribution is 2.13. The molecule has 0 aliphatic rings. The zero-order chi connectivity index (χ0) is 12.7. The van der Waals surface area contributed by atoms with Crippen LogP contribution in [-0.4, -0.2) is 44.5 Å². The van der Waals surface area contributed by atoms with Gasteiger partial charge in [0, 0.05) is 13.1 Å². The fourth-order valence-electron chi connectivity index (χ4n) is 1.45. The average Bonchev–Trinajstić information content (AvgIpc) is 2.71. The molecule has 96 valence electrons. The number of nitrogen functional groups attached to an aromatic ring is 1. The lowest BCUT2D eigenvalue weighted by Crippen LogP contribution is -2.33. The topological polar surface area (TPSA) is 77.0 Å². The van der Waals surface area contributed by atoms with Gasteiger partial charge in [0.1, 0.15) is 6.33 Å². The molecule has 0 saturated carbocycles. The van der Waals surface area contributed by atoms with Crippen LogP contribution in [0.4, 0.5) is 0 Å². The lowest BCUT2D eigenvalue weighted by atomic mass is 10.3. The van der Waals surface area contributed by atoms with E-state index in [4.69, 9.17) is 5.84 Å². The maximum atomic E-state index is 11.9. The van der Waals surface area contributed by atoms with Crippen LogP contribution in [0.25, 0.3) is 0 Å². The molecule has 0 aromatic carbocycles. The number of hydrogen-bond donors (Lipinski definition) is 1. The molecule has 0 saturated heterocycles. The van der Waals surface area contributed by atoms with Crippen LogP contribution in [0.1, 0.15) is 26.7 Å². The first kappa shape index (κ1) is 13.8. The van der Waals surface area contributed by atoms with Crippen molar-refractivity contribution >= 4 is 17.7 Å². The average molecular weight is 257 g/mol. The van der Waals surface area contributed by atoms with E-state index in [0.717, 1.165) is 25.9 Å². The van der Waals surface area contributed by atoms with Crippen molar-refractivity contribution in [3.05, 3.63) is 6.33 Å². The van der Waals surface area contributed by atoms with Gasteiger partial charge in [0.05, 0.1) is 5.75 Å². The zero-order valence-electron chi connectivity index (χ0n) is 10.3. The van der Waals surface area contributed by atoms with Gasteiger partial charge in [0.25, 0.3) is 0 Å². The maximum Gasteiger partial charge on any atom is 0.233 e. The van der Waals surface area contributed by atoms with Crippen LogP contribution in [0.2, 0.25) is 0 Å². The first-order chi connectivity index (χ1) is 8.19. The van der Waals surface area contributed by atoms with E-state index in [1.54, 1.807) is 0 Å². The fourth-order valence-corrected chi connectivity index (χ4v) is 2.19. The van der Waals surface area contributed by atoms with Gasteiger partial charge in [-0.2, -0.15) is 0 Å². The highest BCUT2D eigenvalue weighted by molar-refractivity contribution is 7.99. The van der Waals surface area contributed by atoms with Gasteiger partial charge in [0.2, 0.25) is 11.1 Å². The summed E-state index contributed by atoms with van der Waals surface area (Å²) >= 11 is 1.32. The molecule has 1 aromatic heterocycles. The summed E-state index contributed by atoms with van der Waals surface area (Å²) in [5, 5.41) is 8.04. The first-order valence-electron chi connectivity index (χ1n) is 5.74. The van der Waals surface area contributed by atoms with Crippen LogP contribution >= 0.6 is 11.8 Å². The standard InChI is InChI=1S/C10H19N5OS/c1-3-5-14(6-4-2)9(16)7-17-10-13-12-8-15(10)11/h8H,3-7,11H2,1-2H3. The molecule has 0 radical (unpaired) electrons. The van der Waals surface area contributed by atoms with Crippen molar-refractivity contribution in [1.82, 2.24) is 19.8 Å². The van der Waals surface area contributed by atoms with Crippen LogP contribution in [-0.2, 0) is 4.79 Å². The molecule has 6 nitrogen and oxygen atoms in total. The Balaban J connectivity index is 2.44. The summed E-state index contributed by atoms with van der Waals surface area (Å²) in [4.78, 5) is 13.8.